The molecule has 8 heteroatoms. The SMILES string of the molecule is CCCCCOc1ccc(/C=c2\sc3nc(-c4oc5ccccc5c4C)nn3c2=O)cc1OC. The largest absolute Gasteiger partial charge is 0.493 e. The highest BCUT2D eigenvalue weighted by molar-refractivity contribution is 7.15. The quantitative estimate of drug-likeness (QED) is 0.294. The van der Waals surface area contributed by atoms with Gasteiger partial charge in [0.2, 0.25) is 10.8 Å². The summed E-state index contributed by atoms with van der Waals surface area (Å²) in [7, 11) is 1.61. The molecular weight excluding hydrogens is 450 g/mol. The number of unbranched alkanes of at least 4 members (excludes halogenated alkanes) is 2. The Morgan fingerprint density at radius 1 is 1.15 bits per heavy atom. The number of aryl methyl sites for hydroxylation is 1. The molecule has 0 aliphatic carbocycles. The van der Waals surface area contributed by atoms with Crippen LogP contribution in [-0.4, -0.2) is 28.3 Å². The van der Waals surface area contributed by atoms with Gasteiger partial charge < -0.3 is 13.9 Å². The lowest BCUT2D eigenvalue weighted by molar-refractivity contribution is 0.286. The Kier molecular flexibility index (Phi) is 6.06. The van der Waals surface area contributed by atoms with Crippen molar-refractivity contribution in [2.45, 2.75) is 33.1 Å². The van der Waals surface area contributed by atoms with Crippen molar-refractivity contribution >= 4 is 33.3 Å². The van der Waals surface area contributed by atoms with Crippen LogP contribution in [0.5, 0.6) is 11.5 Å². The highest BCUT2D eigenvalue weighted by Gasteiger charge is 2.19. The monoisotopic (exact) mass is 475 g/mol. The molecule has 0 amide bonds. The van der Waals surface area contributed by atoms with Crippen molar-refractivity contribution in [3.8, 4) is 23.1 Å². The zero-order chi connectivity index (χ0) is 23.7. The molecule has 0 unspecified atom stereocenters. The molecule has 0 N–H and O–H groups in total. The third-order valence-corrected chi connectivity index (χ3v) is 6.68. The van der Waals surface area contributed by atoms with Gasteiger partial charge in [0.15, 0.2) is 17.3 Å². The molecule has 5 rings (SSSR count). The van der Waals surface area contributed by atoms with E-state index in [2.05, 4.69) is 17.0 Å². The molecule has 3 aromatic heterocycles. The van der Waals surface area contributed by atoms with Crippen LogP contribution in [-0.2, 0) is 0 Å². The van der Waals surface area contributed by atoms with E-state index in [4.69, 9.17) is 13.9 Å². The number of fused-ring (bicyclic) bond motifs is 2. The number of hydrogen-bond acceptors (Lipinski definition) is 7. The molecule has 0 saturated carbocycles. The third-order valence-electron chi connectivity index (χ3n) is 5.72. The van der Waals surface area contributed by atoms with Crippen LogP contribution < -0.4 is 19.6 Å². The van der Waals surface area contributed by atoms with Crippen LogP contribution in [0.2, 0.25) is 0 Å². The number of para-hydroxylation sites is 1. The van der Waals surface area contributed by atoms with Crippen molar-refractivity contribution in [2.75, 3.05) is 13.7 Å². The molecule has 0 radical (unpaired) electrons. The number of methoxy groups -OCH3 is 1. The minimum atomic E-state index is -0.216. The summed E-state index contributed by atoms with van der Waals surface area (Å²) >= 11 is 1.29. The van der Waals surface area contributed by atoms with Gasteiger partial charge >= 0.3 is 0 Å². The molecule has 0 aliphatic heterocycles. The molecule has 34 heavy (non-hydrogen) atoms. The van der Waals surface area contributed by atoms with Crippen molar-refractivity contribution in [2.24, 2.45) is 0 Å². The summed E-state index contributed by atoms with van der Waals surface area (Å²) in [6.07, 6.45) is 5.10. The number of rotatable bonds is 8. The first kappa shape index (κ1) is 22.2. The van der Waals surface area contributed by atoms with E-state index in [0.717, 1.165) is 41.4 Å². The second-order valence-corrected chi connectivity index (χ2v) is 9.07. The van der Waals surface area contributed by atoms with E-state index in [1.54, 1.807) is 7.11 Å². The lowest BCUT2D eigenvalue weighted by atomic mass is 10.1. The lowest BCUT2D eigenvalue weighted by Gasteiger charge is -2.11. The Morgan fingerprint density at radius 2 is 2.00 bits per heavy atom. The maximum atomic E-state index is 13.0. The van der Waals surface area contributed by atoms with Crippen LogP contribution in [0.25, 0.3) is 33.6 Å². The maximum Gasteiger partial charge on any atom is 0.291 e. The number of hydrogen-bond donors (Lipinski definition) is 0. The van der Waals surface area contributed by atoms with Crippen LogP contribution >= 0.6 is 11.3 Å². The lowest BCUT2D eigenvalue weighted by Crippen LogP contribution is -2.23. The molecule has 0 atom stereocenters. The van der Waals surface area contributed by atoms with Crippen molar-refractivity contribution in [1.29, 1.82) is 0 Å². The van der Waals surface area contributed by atoms with E-state index >= 15 is 0 Å². The van der Waals surface area contributed by atoms with E-state index in [0.29, 0.717) is 39.2 Å². The second kappa shape index (κ2) is 9.30. The Labute approximate surface area is 200 Å². The highest BCUT2D eigenvalue weighted by atomic mass is 32.1. The first-order valence-electron chi connectivity index (χ1n) is 11.3. The zero-order valence-corrected chi connectivity index (χ0v) is 20.1. The molecule has 0 aliphatic rings. The Morgan fingerprint density at radius 3 is 2.76 bits per heavy atom. The first-order chi connectivity index (χ1) is 16.6. The number of aromatic nitrogens is 3. The first-order valence-corrected chi connectivity index (χ1v) is 12.1. The van der Waals surface area contributed by atoms with E-state index in [-0.39, 0.29) is 5.56 Å². The highest BCUT2D eigenvalue weighted by Crippen LogP contribution is 2.31. The fourth-order valence-electron chi connectivity index (χ4n) is 3.90. The smallest absolute Gasteiger partial charge is 0.291 e. The molecule has 5 aromatic rings. The van der Waals surface area contributed by atoms with Gasteiger partial charge in [0.1, 0.15) is 5.58 Å². The van der Waals surface area contributed by atoms with E-state index in [1.807, 2.05) is 55.5 Å². The standard InChI is InChI=1S/C26H25N3O4S/c1-4-5-8-13-32-20-12-11-17(14-21(20)31-3)15-22-25(30)29-26(34-22)27-24(28-29)23-16(2)18-9-6-7-10-19(18)33-23/h6-7,9-12,14-15H,4-5,8,13H2,1-3H3/b22-15-. The van der Waals surface area contributed by atoms with Gasteiger partial charge in [0.25, 0.3) is 5.56 Å². The predicted octanol–water partition coefficient (Wildman–Crippen LogP) is 5.00. The van der Waals surface area contributed by atoms with Gasteiger partial charge in [0.05, 0.1) is 18.2 Å². The number of thiazole rings is 1. The average molecular weight is 476 g/mol. The van der Waals surface area contributed by atoms with Crippen LogP contribution in [0.4, 0.5) is 0 Å². The van der Waals surface area contributed by atoms with Crippen LogP contribution in [0.1, 0.15) is 37.3 Å². The molecule has 7 nitrogen and oxygen atoms in total. The molecule has 174 valence electrons. The van der Waals surface area contributed by atoms with Crippen molar-refractivity contribution < 1.29 is 13.9 Å². The molecular formula is C26H25N3O4S. The average Bonchev–Trinajstić information content (AvgIpc) is 3.50. The summed E-state index contributed by atoms with van der Waals surface area (Å²) in [5.74, 6) is 2.34. The molecule has 0 spiro atoms. The molecule has 0 fully saturated rings. The van der Waals surface area contributed by atoms with Crippen LogP contribution in [0.3, 0.4) is 0 Å². The van der Waals surface area contributed by atoms with Gasteiger partial charge in [-0.25, -0.2) is 0 Å². The maximum absolute atomic E-state index is 13.0. The summed E-state index contributed by atoms with van der Waals surface area (Å²) < 4.78 is 19.2. The topological polar surface area (TPSA) is 78.9 Å². The fourth-order valence-corrected chi connectivity index (χ4v) is 4.80. The zero-order valence-electron chi connectivity index (χ0n) is 19.3. The van der Waals surface area contributed by atoms with Gasteiger partial charge in [-0.15, -0.1) is 5.10 Å². The summed E-state index contributed by atoms with van der Waals surface area (Å²) in [5, 5.41) is 5.46. The summed E-state index contributed by atoms with van der Waals surface area (Å²) in [6, 6.07) is 13.5. The van der Waals surface area contributed by atoms with Crippen LogP contribution in [0, 0.1) is 6.92 Å². The van der Waals surface area contributed by atoms with Gasteiger partial charge in [-0.05, 0) is 43.2 Å². The number of nitrogens with zero attached hydrogens (tertiary/aromatic N) is 3. The molecule has 2 aromatic carbocycles. The summed E-state index contributed by atoms with van der Waals surface area (Å²) in [5.41, 5.74) is 2.35. The van der Waals surface area contributed by atoms with Crippen molar-refractivity contribution in [1.82, 2.24) is 14.6 Å². The third kappa shape index (κ3) is 4.05. The summed E-state index contributed by atoms with van der Waals surface area (Å²) in [6.45, 7) is 4.78. The van der Waals surface area contributed by atoms with Crippen LogP contribution in [0.15, 0.2) is 51.7 Å². The van der Waals surface area contributed by atoms with Crippen molar-refractivity contribution in [3.63, 3.8) is 0 Å². The Hall–Kier alpha value is -3.65. The van der Waals surface area contributed by atoms with Gasteiger partial charge in [0, 0.05) is 10.9 Å². The molecule has 0 bridgehead atoms. The van der Waals surface area contributed by atoms with Gasteiger partial charge in [-0.3, -0.25) is 4.79 Å². The Bertz CT molecular complexity index is 1580. The minimum Gasteiger partial charge on any atom is -0.493 e. The minimum absolute atomic E-state index is 0.216. The van der Waals surface area contributed by atoms with Crippen molar-refractivity contribution in [3.05, 3.63) is 68.5 Å². The second-order valence-electron chi connectivity index (χ2n) is 8.06. The molecule has 0 saturated heterocycles. The van der Waals surface area contributed by atoms with Gasteiger partial charge in [-0.1, -0.05) is 55.4 Å². The number of ether oxygens (including phenoxy) is 2. The van der Waals surface area contributed by atoms with Gasteiger partial charge in [-0.2, -0.15) is 9.50 Å². The van der Waals surface area contributed by atoms with E-state index < -0.39 is 0 Å². The summed E-state index contributed by atoms with van der Waals surface area (Å²) in [4.78, 5) is 18.1. The van der Waals surface area contributed by atoms with E-state index in [9.17, 15) is 4.79 Å². The van der Waals surface area contributed by atoms with E-state index in [1.165, 1.54) is 15.9 Å². The Balaban J connectivity index is 1.46. The number of furan rings is 1. The predicted molar refractivity (Wildman–Crippen MR) is 134 cm³/mol. The fraction of sp³-hybridized carbons (Fsp3) is 0.269. The molecule has 3 heterocycles. The normalized spacial score (nSPS) is 12.1. The number of benzene rings is 2.